The van der Waals surface area contributed by atoms with Crippen molar-refractivity contribution in [3.05, 3.63) is 23.8 Å². The molecule has 0 bridgehead atoms. The van der Waals surface area contributed by atoms with Crippen molar-refractivity contribution < 1.29 is 9.84 Å². The van der Waals surface area contributed by atoms with Crippen LogP contribution in [0.1, 0.15) is 18.4 Å². The first-order chi connectivity index (χ1) is 6.63. The molecule has 1 aromatic rings. The summed E-state index contributed by atoms with van der Waals surface area (Å²) in [4.78, 5) is 0. The van der Waals surface area contributed by atoms with Crippen molar-refractivity contribution in [1.29, 1.82) is 0 Å². The van der Waals surface area contributed by atoms with Crippen LogP contribution in [-0.2, 0) is 6.42 Å². The molecule has 1 aromatic carbocycles. The van der Waals surface area contributed by atoms with Crippen LogP contribution in [0.25, 0.3) is 0 Å². The summed E-state index contributed by atoms with van der Waals surface area (Å²) in [6.45, 7) is 0. The molecule has 0 heterocycles. The molecule has 3 heteroatoms. The van der Waals surface area contributed by atoms with Crippen LogP contribution in [0.5, 0.6) is 11.5 Å². The third kappa shape index (κ3) is 1.82. The van der Waals surface area contributed by atoms with Crippen LogP contribution < -0.4 is 10.5 Å². The van der Waals surface area contributed by atoms with E-state index >= 15 is 0 Å². The van der Waals surface area contributed by atoms with Gasteiger partial charge in [-0.15, -0.1) is 0 Å². The molecule has 1 aliphatic rings. The standard InChI is InChI=1S/C11H15NO2/c1-14-9-3-2-8(10(13)6-9)7-11(12)4-5-11/h2-3,6,13H,4-5,7,12H2,1H3. The number of nitrogens with two attached hydrogens (primary N) is 1. The maximum atomic E-state index is 9.68. The summed E-state index contributed by atoms with van der Waals surface area (Å²) in [5.41, 5.74) is 6.82. The van der Waals surface area contributed by atoms with E-state index in [1.807, 2.05) is 12.1 Å². The van der Waals surface area contributed by atoms with Gasteiger partial charge in [-0.25, -0.2) is 0 Å². The molecule has 1 saturated carbocycles. The fraction of sp³-hybridized carbons (Fsp3) is 0.455. The maximum absolute atomic E-state index is 9.68. The highest BCUT2D eigenvalue weighted by Crippen LogP contribution is 2.38. The zero-order valence-corrected chi connectivity index (χ0v) is 8.29. The van der Waals surface area contributed by atoms with Gasteiger partial charge in [0.25, 0.3) is 0 Å². The van der Waals surface area contributed by atoms with Crippen molar-refractivity contribution >= 4 is 0 Å². The summed E-state index contributed by atoms with van der Waals surface area (Å²) >= 11 is 0. The molecular weight excluding hydrogens is 178 g/mol. The molecule has 3 nitrogen and oxygen atoms in total. The predicted molar refractivity (Wildman–Crippen MR) is 54.5 cm³/mol. The van der Waals surface area contributed by atoms with Gasteiger partial charge in [0.05, 0.1) is 7.11 Å². The Labute approximate surface area is 83.5 Å². The van der Waals surface area contributed by atoms with Gasteiger partial charge in [-0.3, -0.25) is 0 Å². The molecule has 0 radical (unpaired) electrons. The highest BCUT2D eigenvalue weighted by atomic mass is 16.5. The second-order valence-electron chi connectivity index (χ2n) is 4.03. The SMILES string of the molecule is COc1ccc(CC2(N)CC2)c(O)c1. The van der Waals surface area contributed by atoms with Gasteiger partial charge in [-0.1, -0.05) is 6.07 Å². The summed E-state index contributed by atoms with van der Waals surface area (Å²) in [6.07, 6.45) is 2.86. The van der Waals surface area contributed by atoms with E-state index in [-0.39, 0.29) is 11.3 Å². The lowest BCUT2D eigenvalue weighted by atomic mass is 10.0. The molecule has 0 atom stereocenters. The molecule has 3 N–H and O–H groups in total. The van der Waals surface area contributed by atoms with E-state index in [1.165, 1.54) is 0 Å². The molecule has 0 saturated heterocycles. The molecule has 0 aliphatic heterocycles. The first kappa shape index (κ1) is 9.34. The number of hydrogen-bond donors (Lipinski definition) is 2. The minimum Gasteiger partial charge on any atom is -0.508 e. The molecule has 1 fully saturated rings. The van der Waals surface area contributed by atoms with Crippen molar-refractivity contribution in [1.82, 2.24) is 0 Å². The molecule has 0 unspecified atom stereocenters. The zero-order chi connectivity index (χ0) is 10.2. The smallest absolute Gasteiger partial charge is 0.122 e. The molecular formula is C11H15NO2. The highest BCUT2D eigenvalue weighted by molar-refractivity contribution is 5.41. The quantitative estimate of drug-likeness (QED) is 0.763. The van der Waals surface area contributed by atoms with Crippen LogP contribution in [0.4, 0.5) is 0 Å². The van der Waals surface area contributed by atoms with Gasteiger partial charge in [0.15, 0.2) is 0 Å². The fourth-order valence-electron chi connectivity index (χ4n) is 1.54. The summed E-state index contributed by atoms with van der Waals surface area (Å²) < 4.78 is 5.00. The number of hydrogen-bond acceptors (Lipinski definition) is 3. The largest absolute Gasteiger partial charge is 0.508 e. The second kappa shape index (κ2) is 3.17. The number of benzene rings is 1. The average Bonchev–Trinajstić information content (AvgIpc) is 2.88. The van der Waals surface area contributed by atoms with Gasteiger partial charge in [-0.2, -0.15) is 0 Å². The Morgan fingerprint density at radius 1 is 1.50 bits per heavy atom. The number of phenolic OH excluding ortho intramolecular Hbond substituents is 1. The van der Waals surface area contributed by atoms with Crippen molar-refractivity contribution in [3.8, 4) is 11.5 Å². The Morgan fingerprint density at radius 3 is 2.71 bits per heavy atom. The average molecular weight is 193 g/mol. The van der Waals surface area contributed by atoms with Crippen molar-refractivity contribution in [2.24, 2.45) is 5.73 Å². The Balaban J connectivity index is 2.17. The summed E-state index contributed by atoms with van der Waals surface area (Å²) in [5, 5.41) is 9.68. The molecule has 14 heavy (non-hydrogen) atoms. The normalized spacial score (nSPS) is 17.9. The highest BCUT2D eigenvalue weighted by Gasteiger charge is 2.38. The number of rotatable bonds is 3. The van der Waals surface area contributed by atoms with Crippen LogP contribution in [0.15, 0.2) is 18.2 Å². The number of phenols is 1. The maximum Gasteiger partial charge on any atom is 0.122 e. The lowest BCUT2D eigenvalue weighted by Crippen LogP contribution is -2.24. The molecule has 0 spiro atoms. The van der Waals surface area contributed by atoms with Gasteiger partial charge in [0, 0.05) is 11.6 Å². The van der Waals surface area contributed by atoms with E-state index in [2.05, 4.69) is 0 Å². The molecule has 0 amide bonds. The van der Waals surface area contributed by atoms with Crippen LogP contribution in [0, 0.1) is 0 Å². The van der Waals surface area contributed by atoms with E-state index in [0.717, 1.165) is 24.8 Å². The molecule has 0 aromatic heterocycles. The zero-order valence-electron chi connectivity index (χ0n) is 8.29. The van der Waals surface area contributed by atoms with Gasteiger partial charge in [-0.05, 0) is 30.9 Å². The monoisotopic (exact) mass is 193 g/mol. The van der Waals surface area contributed by atoms with Crippen LogP contribution in [-0.4, -0.2) is 17.8 Å². The third-order valence-corrected chi connectivity index (χ3v) is 2.73. The van der Waals surface area contributed by atoms with E-state index in [0.29, 0.717) is 5.75 Å². The lowest BCUT2D eigenvalue weighted by molar-refractivity contribution is 0.405. The second-order valence-corrected chi connectivity index (χ2v) is 4.03. The molecule has 1 aliphatic carbocycles. The first-order valence-electron chi connectivity index (χ1n) is 4.78. The fourth-order valence-corrected chi connectivity index (χ4v) is 1.54. The van der Waals surface area contributed by atoms with Crippen molar-refractivity contribution in [2.45, 2.75) is 24.8 Å². The summed E-state index contributed by atoms with van der Waals surface area (Å²) in [7, 11) is 1.58. The number of methoxy groups -OCH3 is 1. The topological polar surface area (TPSA) is 55.5 Å². The van der Waals surface area contributed by atoms with Crippen LogP contribution >= 0.6 is 0 Å². The Bertz CT molecular complexity index is 345. The Kier molecular flexibility index (Phi) is 2.11. The third-order valence-electron chi connectivity index (χ3n) is 2.73. The Hall–Kier alpha value is -1.22. The molecule has 2 rings (SSSR count). The Morgan fingerprint density at radius 2 is 2.21 bits per heavy atom. The van der Waals surface area contributed by atoms with Gasteiger partial charge < -0.3 is 15.6 Å². The van der Waals surface area contributed by atoms with E-state index in [4.69, 9.17) is 10.5 Å². The van der Waals surface area contributed by atoms with Crippen molar-refractivity contribution in [2.75, 3.05) is 7.11 Å². The van der Waals surface area contributed by atoms with Gasteiger partial charge >= 0.3 is 0 Å². The van der Waals surface area contributed by atoms with Crippen LogP contribution in [0.3, 0.4) is 0 Å². The summed E-state index contributed by atoms with van der Waals surface area (Å²) in [6, 6.07) is 5.35. The predicted octanol–water partition coefficient (Wildman–Crippen LogP) is 1.43. The van der Waals surface area contributed by atoms with E-state index in [1.54, 1.807) is 13.2 Å². The molecule has 76 valence electrons. The minimum atomic E-state index is -0.0634. The van der Waals surface area contributed by atoms with Crippen LogP contribution in [0.2, 0.25) is 0 Å². The first-order valence-corrected chi connectivity index (χ1v) is 4.78. The summed E-state index contributed by atoms with van der Waals surface area (Å²) in [5.74, 6) is 0.953. The lowest BCUT2D eigenvalue weighted by Gasteiger charge is -2.10. The minimum absolute atomic E-state index is 0.0634. The van der Waals surface area contributed by atoms with E-state index < -0.39 is 0 Å². The van der Waals surface area contributed by atoms with E-state index in [9.17, 15) is 5.11 Å². The number of aromatic hydroxyl groups is 1. The number of ether oxygens (including phenoxy) is 1. The van der Waals surface area contributed by atoms with Crippen molar-refractivity contribution in [3.63, 3.8) is 0 Å². The van der Waals surface area contributed by atoms with Gasteiger partial charge in [0.2, 0.25) is 0 Å². The van der Waals surface area contributed by atoms with Gasteiger partial charge in [0.1, 0.15) is 11.5 Å².